The van der Waals surface area contributed by atoms with Gasteiger partial charge in [-0.3, -0.25) is 4.79 Å². The van der Waals surface area contributed by atoms with Crippen molar-refractivity contribution in [2.24, 2.45) is 0 Å². The van der Waals surface area contributed by atoms with Crippen molar-refractivity contribution in [2.75, 3.05) is 6.26 Å². The van der Waals surface area contributed by atoms with Gasteiger partial charge in [-0.15, -0.1) is 0 Å². The quantitative estimate of drug-likeness (QED) is 0.514. The summed E-state index contributed by atoms with van der Waals surface area (Å²) in [6.07, 6.45) is 3.36. The molecule has 1 aromatic heterocycles. The maximum absolute atomic E-state index is 10.9. The van der Waals surface area contributed by atoms with E-state index < -0.39 is 5.97 Å². The van der Waals surface area contributed by atoms with Crippen LogP contribution >= 0.6 is 35.1 Å². The maximum Gasteiger partial charge on any atom is 0.307 e. The summed E-state index contributed by atoms with van der Waals surface area (Å²) < 4.78 is 0. The molecular weight excluding hydrogens is 316 g/mol. The summed E-state index contributed by atoms with van der Waals surface area (Å²) in [5.74, 6) is -0.900. The molecule has 104 valence electrons. The van der Waals surface area contributed by atoms with Crippen LogP contribution in [0.1, 0.15) is 5.56 Å². The van der Waals surface area contributed by atoms with Crippen LogP contribution in [-0.2, 0) is 11.2 Å². The SMILES string of the molecule is CSc1ncc(CC(=O)O)c(Sc2ccc(Cl)cc2)n1. The summed E-state index contributed by atoms with van der Waals surface area (Å²) in [7, 11) is 0. The molecule has 0 atom stereocenters. The standard InChI is InChI=1S/C13H11ClN2O2S2/c1-19-13-15-7-8(6-11(17)18)12(16-13)20-10-4-2-9(14)3-5-10/h2-5,7H,6H2,1H3,(H,17,18). The first-order valence-electron chi connectivity index (χ1n) is 5.63. The first-order valence-corrected chi connectivity index (χ1v) is 8.05. The van der Waals surface area contributed by atoms with Gasteiger partial charge in [0.15, 0.2) is 5.16 Å². The number of hydrogen-bond donors (Lipinski definition) is 1. The van der Waals surface area contributed by atoms with Crippen molar-refractivity contribution in [2.45, 2.75) is 21.5 Å². The number of carbonyl (C=O) groups is 1. The topological polar surface area (TPSA) is 63.1 Å². The first-order chi connectivity index (χ1) is 9.58. The maximum atomic E-state index is 10.9. The highest BCUT2D eigenvalue weighted by Crippen LogP contribution is 2.30. The predicted octanol–water partition coefficient (Wildman–Crippen LogP) is 3.63. The molecule has 1 heterocycles. The van der Waals surface area contributed by atoms with Gasteiger partial charge in [0.05, 0.1) is 6.42 Å². The van der Waals surface area contributed by atoms with Crippen molar-refractivity contribution in [1.29, 1.82) is 0 Å². The lowest BCUT2D eigenvalue weighted by Gasteiger charge is -2.07. The summed E-state index contributed by atoms with van der Waals surface area (Å²) in [6, 6.07) is 7.33. The van der Waals surface area contributed by atoms with Crippen LogP contribution in [0.5, 0.6) is 0 Å². The number of halogens is 1. The summed E-state index contributed by atoms with van der Waals surface area (Å²) in [5.41, 5.74) is 0.607. The molecule has 0 aliphatic carbocycles. The van der Waals surface area contributed by atoms with E-state index in [2.05, 4.69) is 9.97 Å². The average molecular weight is 327 g/mol. The zero-order chi connectivity index (χ0) is 14.5. The highest BCUT2D eigenvalue weighted by Gasteiger charge is 2.12. The summed E-state index contributed by atoms with van der Waals surface area (Å²) in [5, 5.41) is 10.9. The van der Waals surface area contributed by atoms with Crippen molar-refractivity contribution < 1.29 is 9.90 Å². The number of aromatic nitrogens is 2. The fourth-order valence-corrected chi connectivity index (χ4v) is 2.87. The van der Waals surface area contributed by atoms with E-state index in [1.54, 1.807) is 18.3 Å². The molecule has 0 aliphatic rings. The Morgan fingerprint density at radius 2 is 2.05 bits per heavy atom. The van der Waals surface area contributed by atoms with E-state index in [9.17, 15) is 4.79 Å². The Hall–Kier alpha value is -1.24. The molecule has 0 saturated carbocycles. The van der Waals surface area contributed by atoms with Gasteiger partial charge < -0.3 is 5.11 Å². The average Bonchev–Trinajstić information content (AvgIpc) is 2.42. The van der Waals surface area contributed by atoms with E-state index in [0.717, 1.165) is 4.90 Å². The summed E-state index contributed by atoms with van der Waals surface area (Å²) in [4.78, 5) is 20.3. The van der Waals surface area contributed by atoms with Crippen LogP contribution in [0.3, 0.4) is 0 Å². The van der Waals surface area contributed by atoms with Crippen molar-refractivity contribution >= 4 is 41.1 Å². The van der Waals surface area contributed by atoms with Crippen LogP contribution in [0.4, 0.5) is 0 Å². The lowest BCUT2D eigenvalue weighted by atomic mass is 10.2. The Kier molecular flexibility index (Phi) is 5.28. The molecule has 0 saturated heterocycles. The van der Waals surface area contributed by atoms with Crippen LogP contribution in [0, 0.1) is 0 Å². The molecule has 20 heavy (non-hydrogen) atoms. The van der Waals surface area contributed by atoms with Gasteiger partial charge in [0, 0.05) is 21.7 Å². The Labute approximate surface area is 130 Å². The van der Waals surface area contributed by atoms with Gasteiger partial charge in [-0.1, -0.05) is 35.1 Å². The molecule has 0 spiro atoms. The third kappa shape index (κ3) is 4.13. The number of aliphatic carboxylic acids is 1. The molecule has 4 nitrogen and oxygen atoms in total. The Bertz CT molecular complexity index is 620. The van der Waals surface area contributed by atoms with Crippen LogP contribution in [-0.4, -0.2) is 27.3 Å². The predicted molar refractivity (Wildman–Crippen MR) is 80.7 cm³/mol. The van der Waals surface area contributed by atoms with Gasteiger partial charge in [0.25, 0.3) is 0 Å². The second-order valence-electron chi connectivity index (χ2n) is 3.81. The van der Waals surface area contributed by atoms with Crippen LogP contribution < -0.4 is 0 Å². The van der Waals surface area contributed by atoms with Crippen molar-refractivity contribution in [3.8, 4) is 0 Å². The lowest BCUT2D eigenvalue weighted by molar-refractivity contribution is -0.136. The fourth-order valence-electron chi connectivity index (χ4n) is 1.46. The smallest absolute Gasteiger partial charge is 0.307 e. The molecule has 7 heteroatoms. The van der Waals surface area contributed by atoms with E-state index >= 15 is 0 Å². The molecule has 2 rings (SSSR count). The monoisotopic (exact) mass is 326 g/mol. The molecule has 0 unspecified atom stereocenters. The summed E-state index contributed by atoms with van der Waals surface area (Å²) >= 11 is 8.67. The molecule has 0 aliphatic heterocycles. The van der Waals surface area contributed by atoms with Crippen LogP contribution in [0.25, 0.3) is 0 Å². The second kappa shape index (κ2) is 6.97. The van der Waals surface area contributed by atoms with Gasteiger partial charge in [-0.25, -0.2) is 9.97 Å². The number of hydrogen-bond acceptors (Lipinski definition) is 5. The number of rotatable bonds is 5. The van der Waals surface area contributed by atoms with Gasteiger partial charge in [-0.2, -0.15) is 0 Å². The van der Waals surface area contributed by atoms with Gasteiger partial charge in [-0.05, 0) is 30.5 Å². The molecule has 1 aromatic carbocycles. The van der Waals surface area contributed by atoms with E-state index in [-0.39, 0.29) is 6.42 Å². The number of carboxylic acid groups (broad SMARTS) is 1. The Balaban J connectivity index is 2.31. The third-order valence-corrected chi connectivity index (χ3v) is 4.22. The van der Waals surface area contributed by atoms with Crippen LogP contribution in [0.15, 0.2) is 45.5 Å². The number of benzene rings is 1. The molecule has 1 N–H and O–H groups in total. The number of thioether (sulfide) groups is 1. The van der Waals surface area contributed by atoms with E-state index in [0.29, 0.717) is 20.8 Å². The zero-order valence-electron chi connectivity index (χ0n) is 10.5. The lowest BCUT2D eigenvalue weighted by Crippen LogP contribution is -2.04. The first kappa shape index (κ1) is 15.2. The van der Waals surface area contributed by atoms with E-state index in [1.165, 1.54) is 23.5 Å². The van der Waals surface area contributed by atoms with Gasteiger partial charge in [0.2, 0.25) is 0 Å². The highest BCUT2D eigenvalue weighted by molar-refractivity contribution is 7.99. The van der Waals surface area contributed by atoms with Crippen LogP contribution in [0.2, 0.25) is 5.02 Å². The van der Waals surface area contributed by atoms with E-state index in [4.69, 9.17) is 16.7 Å². The minimum absolute atomic E-state index is 0.0927. The molecule has 0 fully saturated rings. The largest absolute Gasteiger partial charge is 0.481 e. The molecule has 0 radical (unpaired) electrons. The fraction of sp³-hybridized carbons (Fsp3) is 0.154. The molecule has 0 amide bonds. The minimum atomic E-state index is -0.900. The van der Waals surface area contributed by atoms with Gasteiger partial charge in [0.1, 0.15) is 5.03 Å². The molecule has 2 aromatic rings. The van der Waals surface area contributed by atoms with Crippen molar-refractivity contribution in [3.63, 3.8) is 0 Å². The van der Waals surface area contributed by atoms with E-state index in [1.807, 2.05) is 18.4 Å². The van der Waals surface area contributed by atoms with Crippen molar-refractivity contribution in [1.82, 2.24) is 9.97 Å². The minimum Gasteiger partial charge on any atom is -0.481 e. The molecular formula is C13H11ClN2O2S2. The third-order valence-electron chi connectivity index (χ3n) is 2.36. The summed E-state index contributed by atoms with van der Waals surface area (Å²) in [6.45, 7) is 0. The highest BCUT2D eigenvalue weighted by atomic mass is 35.5. The normalized spacial score (nSPS) is 10.5. The Morgan fingerprint density at radius 3 is 2.65 bits per heavy atom. The second-order valence-corrected chi connectivity index (χ2v) is 6.09. The van der Waals surface area contributed by atoms with Gasteiger partial charge >= 0.3 is 5.97 Å². The molecule has 0 bridgehead atoms. The zero-order valence-corrected chi connectivity index (χ0v) is 12.9. The Morgan fingerprint density at radius 1 is 1.35 bits per heavy atom. The van der Waals surface area contributed by atoms with Crippen molar-refractivity contribution in [3.05, 3.63) is 41.0 Å². The number of carboxylic acids is 1. The number of nitrogens with zero attached hydrogens (tertiary/aromatic N) is 2.